The molecule has 0 unspecified atom stereocenters. The highest BCUT2D eigenvalue weighted by Crippen LogP contribution is 2.22. The van der Waals surface area contributed by atoms with E-state index in [1.54, 1.807) is 32.2 Å². The number of carbonyl (C=O) groups excluding carboxylic acids is 2. The molecule has 0 aromatic carbocycles. The van der Waals surface area contributed by atoms with Crippen molar-refractivity contribution in [1.29, 1.82) is 5.26 Å². The summed E-state index contributed by atoms with van der Waals surface area (Å²) >= 11 is 1.65. The van der Waals surface area contributed by atoms with Crippen LogP contribution in [0.15, 0.2) is 16.8 Å². The second-order valence-electron chi connectivity index (χ2n) is 8.68. The summed E-state index contributed by atoms with van der Waals surface area (Å²) in [5.41, 5.74) is 2.63. The van der Waals surface area contributed by atoms with E-state index >= 15 is 0 Å². The van der Waals surface area contributed by atoms with Crippen molar-refractivity contribution in [3.63, 3.8) is 0 Å². The molecule has 34 heavy (non-hydrogen) atoms. The second-order valence-corrected chi connectivity index (χ2v) is 9.46. The largest absolute Gasteiger partial charge is 0.352 e. The summed E-state index contributed by atoms with van der Waals surface area (Å²) in [6.45, 7) is 8.62. The minimum Gasteiger partial charge on any atom is -0.352 e. The number of carbonyl (C=O) groups is 2. The van der Waals surface area contributed by atoms with Crippen molar-refractivity contribution in [1.82, 2.24) is 30.4 Å². The molecule has 0 spiro atoms. The van der Waals surface area contributed by atoms with Gasteiger partial charge in [-0.1, -0.05) is 0 Å². The maximum absolute atomic E-state index is 12.7. The van der Waals surface area contributed by atoms with Gasteiger partial charge in [-0.3, -0.25) is 4.79 Å². The summed E-state index contributed by atoms with van der Waals surface area (Å²) in [5, 5.41) is 18.9. The van der Waals surface area contributed by atoms with Crippen LogP contribution in [-0.4, -0.2) is 70.5 Å². The molecule has 3 rings (SSSR count). The second kappa shape index (κ2) is 11.9. The maximum Gasteiger partial charge on any atom is 0.317 e. The molecule has 2 aromatic heterocycles. The number of nitrogens with zero attached hydrogens (tertiary/aromatic N) is 5. The number of amides is 3. The number of likely N-dealkylation sites (tertiary alicyclic amines) is 1. The van der Waals surface area contributed by atoms with Crippen LogP contribution in [0.5, 0.6) is 0 Å². The fraction of sp³-hybridized carbons (Fsp3) is 0.542. The summed E-state index contributed by atoms with van der Waals surface area (Å²) in [6.07, 6.45) is 2.67. The molecule has 1 saturated heterocycles. The van der Waals surface area contributed by atoms with E-state index in [1.165, 1.54) is 5.56 Å². The van der Waals surface area contributed by atoms with Crippen LogP contribution in [0.3, 0.4) is 0 Å². The van der Waals surface area contributed by atoms with Crippen molar-refractivity contribution in [2.24, 2.45) is 0 Å². The summed E-state index contributed by atoms with van der Waals surface area (Å²) < 4.78 is 0. The molecule has 0 aliphatic carbocycles. The first-order valence-electron chi connectivity index (χ1n) is 11.6. The lowest BCUT2D eigenvalue weighted by atomic mass is 10.0. The predicted octanol–water partition coefficient (Wildman–Crippen LogP) is 2.84. The van der Waals surface area contributed by atoms with Gasteiger partial charge in [0.15, 0.2) is 0 Å². The third-order valence-electron chi connectivity index (χ3n) is 6.42. The fourth-order valence-electron chi connectivity index (χ4n) is 4.49. The number of nitrogens with one attached hydrogen (secondary N) is 2. The minimum atomic E-state index is -0.208. The molecule has 2 N–H and O–H groups in total. The van der Waals surface area contributed by atoms with Gasteiger partial charge in [0.25, 0.3) is 5.91 Å². The molecule has 3 amide bonds. The van der Waals surface area contributed by atoms with Gasteiger partial charge in [-0.2, -0.15) is 16.6 Å². The van der Waals surface area contributed by atoms with E-state index in [9.17, 15) is 9.59 Å². The van der Waals surface area contributed by atoms with Crippen LogP contribution in [0.4, 0.5) is 4.79 Å². The third-order valence-corrected chi connectivity index (χ3v) is 7.15. The number of nitriles is 1. The number of aryl methyl sites for hydroxylation is 2. The Morgan fingerprint density at radius 3 is 2.53 bits per heavy atom. The molecule has 1 aliphatic heterocycles. The van der Waals surface area contributed by atoms with Crippen LogP contribution in [0.2, 0.25) is 0 Å². The monoisotopic (exact) mass is 483 g/mol. The van der Waals surface area contributed by atoms with Gasteiger partial charge < -0.3 is 20.4 Å². The molecule has 2 aromatic rings. The summed E-state index contributed by atoms with van der Waals surface area (Å²) in [7, 11) is 1.68. The van der Waals surface area contributed by atoms with Crippen LogP contribution in [0.1, 0.15) is 59.3 Å². The van der Waals surface area contributed by atoms with Gasteiger partial charge >= 0.3 is 6.03 Å². The number of hydrogen-bond donors (Lipinski definition) is 2. The van der Waals surface area contributed by atoms with Gasteiger partial charge in [0, 0.05) is 45.3 Å². The van der Waals surface area contributed by atoms with Crippen LogP contribution < -0.4 is 10.6 Å². The van der Waals surface area contributed by atoms with Gasteiger partial charge in [-0.15, -0.1) is 0 Å². The van der Waals surface area contributed by atoms with E-state index in [0.717, 1.165) is 32.4 Å². The topological polar surface area (TPSA) is 114 Å². The van der Waals surface area contributed by atoms with Crippen LogP contribution in [0.25, 0.3) is 0 Å². The van der Waals surface area contributed by atoms with E-state index < -0.39 is 0 Å². The molecule has 10 heteroatoms. The lowest BCUT2D eigenvalue weighted by Crippen LogP contribution is -2.51. The molecule has 1 atom stereocenters. The standard InChI is InChI=1S/C24H33N7O2S/c1-16(5-9-27-23(32)22-17(2)28-21(13-25)29-18(22)3)30-10-6-20(7-11-30)31(24(33)26-4)14-19-8-12-34-15-19/h8,12,15-16,20H,5-7,9-11,14H2,1-4H3,(H,26,33)(H,27,32)/t16-/m1/s1. The minimum absolute atomic E-state index is 0.0298. The lowest BCUT2D eigenvalue weighted by molar-refractivity contribution is 0.0906. The number of rotatable bonds is 8. The SMILES string of the molecule is CNC(=O)N(Cc1ccsc1)C1CCN([C@H](C)CCNC(=O)c2c(C)nc(C#N)nc2C)CC1. The van der Waals surface area contributed by atoms with Gasteiger partial charge in [-0.25, -0.2) is 14.8 Å². The molecule has 3 heterocycles. The first-order chi connectivity index (χ1) is 16.3. The van der Waals surface area contributed by atoms with Crippen molar-refractivity contribution >= 4 is 23.3 Å². The molecule has 0 bridgehead atoms. The zero-order chi connectivity index (χ0) is 24.7. The lowest BCUT2D eigenvalue weighted by Gasteiger charge is -2.40. The van der Waals surface area contributed by atoms with Crippen molar-refractivity contribution in [2.45, 2.75) is 58.7 Å². The molecule has 0 radical (unpaired) electrons. The molecule has 0 saturated carbocycles. The van der Waals surface area contributed by atoms with E-state index in [2.05, 4.69) is 43.9 Å². The van der Waals surface area contributed by atoms with E-state index in [1.807, 2.05) is 16.3 Å². The Kier molecular flexibility index (Phi) is 8.96. The van der Waals surface area contributed by atoms with Crippen LogP contribution >= 0.6 is 11.3 Å². The average Bonchev–Trinajstić information content (AvgIpc) is 3.35. The first-order valence-corrected chi connectivity index (χ1v) is 12.5. The zero-order valence-corrected chi connectivity index (χ0v) is 21.1. The fourth-order valence-corrected chi connectivity index (χ4v) is 5.15. The predicted molar refractivity (Wildman–Crippen MR) is 132 cm³/mol. The van der Waals surface area contributed by atoms with Crippen LogP contribution in [-0.2, 0) is 6.54 Å². The summed E-state index contributed by atoms with van der Waals surface area (Å²) in [5.74, 6) is -0.131. The molecule has 1 fully saturated rings. The van der Waals surface area contributed by atoms with Gasteiger partial charge in [0.05, 0.1) is 17.0 Å². The van der Waals surface area contributed by atoms with Gasteiger partial charge in [0.2, 0.25) is 5.82 Å². The molecular weight excluding hydrogens is 450 g/mol. The van der Waals surface area contributed by atoms with Gasteiger partial charge in [-0.05, 0) is 62.4 Å². The number of aromatic nitrogens is 2. The Morgan fingerprint density at radius 2 is 1.97 bits per heavy atom. The number of hydrogen-bond acceptors (Lipinski definition) is 7. The normalized spacial score (nSPS) is 15.4. The third kappa shape index (κ3) is 6.30. The van der Waals surface area contributed by atoms with Crippen molar-refractivity contribution in [2.75, 3.05) is 26.7 Å². The summed E-state index contributed by atoms with van der Waals surface area (Å²) in [6, 6.07) is 4.48. The van der Waals surface area contributed by atoms with E-state index in [-0.39, 0.29) is 23.8 Å². The summed E-state index contributed by atoms with van der Waals surface area (Å²) in [4.78, 5) is 37.7. The van der Waals surface area contributed by atoms with Crippen molar-refractivity contribution < 1.29 is 9.59 Å². The molecule has 1 aliphatic rings. The van der Waals surface area contributed by atoms with Gasteiger partial charge in [0.1, 0.15) is 6.07 Å². The van der Waals surface area contributed by atoms with E-state index in [0.29, 0.717) is 36.1 Å². The van der Waals surface area contributed by atoms with Crippen LogP contribution in [0, 0.1) is 25.2 Å². The Bertz CT molecular complexity index is 1000. The highest BCUT2D eigenvalue weighted by atomic mass is 32.1. The smallest absolute Gasteiger partial charge is 0.317 e. The Hall–Kier alpha value is -3.03. The first kappa shape index (κ1) is 25.6. The highest BCUT2D eigenvalue weighted by Gasteiger charge is 2.29. The Labute approximate surface area is 205 Å². The number of thiophene rings is 1. The molecule has 9 nitrogen and oxygen atoms in total. The average molecular weight is 484 g/mol. The maximum atomic E-state index is 12.7. The number of urea groups is 1. The molecule has 182 valence electrons. The zero-order valence-electron chi connectivity index (χ0n) is 20.3. The quantitative estimate of drug-likeness (QED) is 0.597. The highest BCUT2D eigenvalue weighted by molar-refractivity contribution is 7.07. The number of piperidine rings is 1. The molecular formula is C24H33N7O2S. The van der Waals surface area contributed by atoms with Crippen molar-refractivity contribution in [3.05, 3.63) is 45.2 Å². The van der Waals surface area contributed by atoms with Crippen molar-refractivity contribution in [3.8, 4) is 6.07 Å². The van der Waals surface area contributed by atoms with E-state index in [4.69, 9.17) is 5.26 Å². The Balaban J connectivity index is 1.48. The Morgan fingerprint density at radius 1 is 1.29 bits per heavy atom.